The van der Waals surface area contributed by atoms with Crippen LogP contribution in [0.2, 0.25) is 0 Å². The first-order chi connectivity index (χ1) is 9.44. The summed E-state index contributed by atoms with van der Waals surface area (Å²) in [4.78, 5) is 18.2. The van der Waals surface area contributed by atoms with E-state index in [-0.39, 0.29) is 0 Å². The summed E-state index contributed by atoms with van der Waals surface area (Å²) in [6.07, 6.45) is 5.02. The highest BCUT2D eigenvalue weighted by molar-refractivity contribution is 5.97. The van der Waals surface area contributed by atoms with Gasteiger partial charge in [0.1, 0.15) is 0 Å². The van der Waals surface area contributed by atoms with E-state index >= 15 is 0 Å². The van der Waals surface area contributed by atoms with Gasteiger partial charge in [0, 0.05) is 19.3 Å². The lowest BCUT2D eigenvalue weighted by molar-refractivity contribution is 0.0602. The molecule has 1 saturated heterocycles. The minimum absolute atomic E-state index is 0.351. The third-order valence-corrected chi connectivity index (χ3v) is 4.01. The molecule has 0 bridgehead atoms. The minimum Gasteiger partial charge on any atom is -0.465 e. The monoisotopic (exact) mass is 277 g/mol. The van der Waals surface area contributed by atoms with Gasteiger partial charge >= 0.3 is 5.97 Å². The highest BCUT2D eigenvalue weighted by atomic mass is 16.5. The molecule has 1 aromatic rings. The van der Waals surface area contributed by atoms with Crippen molar-refractivity contribution in [3.05, 3.63) is 17.8 Å². The Bertz CT molecular complexity index is 500. The maximum absolute atomic E-state index is 11.7. The van der Waals surface area contributed by atoms with E-state index in [0.29, 0.717) is 22.5 Å². The SMILES string of the molecule is COC(=O)c1ccnc(N2CCCC(C)(C)CC2)c1N. The number of anilines is 2. The van der Waals surface area contributed by atoms with Crippen LogP contribution >= 0.6 is 0 Å². The van der Waals surface area contributed by atoms with Crippen molar-refractivity contribution < 1.29 is 9.53 Å². The third-order valence-electron chi connectivity index (χ3n) is 4.01. The van der Waals surface area contributed by atoms with Gasteiger partial charge in [0.15, 0.2) is 5.82 Å². The van der Waals surface area contributed by atoms with E-state index in [1.807, 2.05) is 0 Å². The van der Waals surface area contributed by atoms with Crippen LogP contribution in [0.3, 0.4) is 0 Å². The molecule has 0 aromatic carbocycles. The van der Waals surface area contributed by atoms with E-state index in [1.54, 1.807) is 12.3 Å². The van der Waals surface area contributed by atoms with Crippen molar-refractivity contribution in [3.63, 3.8) is 0 Å². The van der Waals surface area contributed by atoms with E-state index in [9.17, 15) is 4.79 Å². The molecule has 5 heteroatoms. The summed E-state index contributed by atoms with van der Waals surface area (Å²) < 4.78 is 4.75. The molecule has 1 aromatic heterocycles. The van der Waals surface area contributed by atoms with Crippen molar-refractivity contribution in [3.8, 4) is 0 Å². The molecule has 2 heterocycles. The molecule has 0 radical (unpaired) electrons. The summed E-state index contributed by atoms with van der Waals surface area (Å²) in [7, 11) is 1.36. The van der Waals surface area contributed by atoms with Crippen LogP contribution in [0.15, 0.2) is 12.3 Å². The van der Waals surface area contributed by atoms with Crippen LogP contribution in [0.5, 0.6) is 0 Å². The van der Waals surface area contributed by atoms with E-state index in [4.69, 9.17) is 10.5 Å². The number of aromatic nitrogens is 1. The van der Waals surface area contributed by atoms with Gasteiger partial charge < -0.3 is 15.4 Å². The number of nitrogen functional groups attached to an aromatic ring is 1. The van der Waals surface area contributed by atoms with Crippen molar-refractivity contribution in [2.24, 2.45) is 5.41 Å². The van der Waals surface area contributed by atoms with Crippen molar-refractivity contribution in [2.75, 3.05) is 30.8 Å². The van der Waals surface area contributed by atoms with Crippen molar-refractivity contribution >= 4 is 17.5 Å². The number of carbonyl (C=O) groups is 1. The Kier molecular flexibility index (Phi) is 4.16. The van der Waals surface area contributed by atoms with Gasteiger partial charge in [-0.1, -0.05) is 13.8 Å². The van der Waals surface area contributed by atoms with Crippen LogP contribution < -0.4 is 10.6 Å². The third kappa shape index (κ3) is 3.03. The van der Waals surface area contributed by atoms with E-state index in [0.717, 1.165) is 25.9 Å². The number of esters is 1. The number of methoxy groups -OCH3 is 1. The van der Waals surface area contributed by atoms with E-state index < -0.39 is 5.97 Å². The zero-order chi connectivity index (χ0) is 14.8. The quantitative estimate of drug-likeness (QED) is 0.841. The van der Waals surface area contributed by atoms with Crippen molar-refractivity contribution in [2.45, 2.75) is 33.1 Å². The largest absolute Gasteiger partial charge is 0.465 e. The zero-order valence-electron chi connectivity index (χ0n) is 12.5. The predicted molar refractivity (Wildman–Crippen MR) is 79.8 cm³/mol. The molecule has 5 nitrogen and oxygen atoms in total. The lowest BCUT2D eigenvalue weighted by Gasteiger charge is -2.25. The van der Waals surface area contributed by atoms with Gasteiger partial charge in [-0.3, -0.25) is 0 Å². The predicted octanol–water partition coefficient (Wildman–Crippen LogP) is 2.47. The molecule has 1 fully saturated rings. The number of pyridine rings is 1. The summed E-state index contributed by atoms with van der Waals surface area (Å²) in [5.74, 6) is 0.284. The highest BCUT2D eigenvalue weighted by Gasteiger charge is 2.25. The Labute approximate surface area is 120 Å². The van der Waals surface area contributed by atoms with Gasteiger partial charge in [-0.05, 0) is 30.7 Å². The van der Waals surface area contributed by atoms with Crippen LogP contribution in [-0.4, -0.2) is 31.2 Å². The van der Waals surface area contributed by atoms with Gasteiger partial charge in [0.05, 0.1) is 18.4 Å². The second kappa shape index (κ2) is 5.69. The number of nitrogens with zero attached hydrogens (tertiary/aromatic N) is 2. The van der Waals surface area contributed by atoms with Crippen LogP contribution in [0.1, 0.15) is 43.5 Å². The average Bonchev–Trinajstić information content (AvgIpc) is 2.59. The highest BCUT2D eigenvalue weighted by Crippen LogP contribution is 2.33. The first kappa shape index (κ1) is 14.6. The molecule has 0 unspecified atom stereocenters. The molecule has 0 saturated carbocycles. The molecule has 110 valence electrons. The summed E-state index contributed by atoms with van der Waals surface area (Å²) in [5, 5.41) is 0. The molecule has 0 atom stereocenters. The Hall–Kier alpha value is -1.78. The molecule has 2 rings (SSSR count). The fourth-order valence-electron chi connectivity index (χ4n) is 2.64. The van der Waals surface area contributed by atoms with Crippen molar-refractivity contribution in [1.82, 2.24) is 4.98 Å². The number of nitrogens with two attached hydrogens (primary N) is 1. The number of hydrogen-bond donors (Lipinski definition) is 1. The Balaban J connectivity index is 2.27. The molecule has 0 amide bonds. The van der Waals surface area contributed by atoms with Gasteiger partial charge in [-0.2, -0.15) is 0 Å². The second-order valence-electron chi connectivity index (χ2n) is 6.09. The minimum atomic E-state index is -0.415. The van der Waals surface area contributed by atoms with Crippen molar-refractivity contribution in [1.29, 1.82) is 0 Å². The first-order valence-corrected chi connectivity index (χ1v) is 7.02. The average molecular weight is 277 g/mol. The standard InChI is InChI=1S/C15H23N3O2/c1-15(2)6-4-9-18(10-7-15)13-12(16)11(5-8-17-13)14(19)20-3/h5,8H,4,6-7,9-10,16H2,1-3H3. The van der Waals surface area contributed by atoms with E-state index in [2.05, 4.69) is 23.7 Å². The van der Waals surface area contributed by atoms with Gasteiger partial charge in [-0.25, -0.2) is 9.78 Å². The van der Waals surface area contributed by atoms with Crippen LogP contribution in [-0.2, 0) is 4.74 Å². The molecule has 0 aliphatic carbocycles. The molecule has 0 spiro atoms. The summed E-state index contributed by atoms with van der Waals surface area (Å²) in [6.45, 7) is 6.41. The Morgan fingerprint density at radius 2 is 2.15 bits per heavy atom. The lowest BCUT2D eigenvalue weighted by atomic mass is 9.85. The fraction of sp³-hybridized carbons (Fsp3) is 0.600. The molecule has 2 N–H and O–H groups in total. The molecule has 20 heavy (non-hydrogen) atoms. The van der Waals surface area contributed by atoms with Gasteiger partial charge in [0.25, 0.3) is 0 Å². The number of ether oxygens (including phenoxy) is 1. The Morgan fingerprint density at radius 1 is 1.40 bits per heavy atom. The molecule has 1 aliphatic rings. The molecular weight excluding hydrogens is 254 g/mol. The maximum Gasteiger partial charge on any atom is 0.340 e. The summed E-state index contributed by atoms with van der Waals surface area (Å²) >= 11 is 0. The first-order valence-electron chi connectivity index (χ1n) is 7.02. The smallest absolute Gasteiger partial charge is 0.340 e. The second-order valence-corrected chi connectivity index (χ2v) is 6.09. The zero-order valence-corrected chi connectivity index (χ0v) is 12.5. The number of rotatable bonds is 2. The van der Waals surface area contributed by atoms with Crippen LogP contribution in [0, 0.1) is 5.41 Å². The van der Waals surface area contributed by atoms with Gasteiger partial charge in [-0.15, -0.1) is 0 Å². The fourth-order valence-corrected chi connectivity index (χ4v) is 2.64. The number of carbonyl (C=O) groups excluding carboxylic acids is 1. The van der Waals surface area contributed by atoms with Gasteiger partial charge in [0.2, 0.25) is 0 Å². The maximum atomic E-state index is 11.7. The normalized spacial score (nSPS) is 18.4. The summed E-state index contributed by atoms with van der Waals surface area (Å²) in [6, 6.07) is 1.60. The van der Waals surface area contributed by atoms with Crippen LogP contribution in [0.25, 0.3) is 0 Å². The molecular formula is C15H23N3O2. The number of hydrogen-bond acceptors (Lipinski definition) is 5. The lowest BCUT2D eigenvalue weighted by Crippen LogP contribution is -2.27. The topological polar surface area (TPSA) is 68.5 Å². The Morgan fingerprint density at radius 3 is 2.85 bits per heavy atom. The van der Waals surface area contributed by atoms with E-state index in [1.165, 1.54) is 13.5 Å². The molecule has 1 aliphatic heterocycles. The van der Waals surface area contributed by atoms with Crippen LogP contribution in [0.4, 0.5) is 11.5 Å². The summed E-state index contributed by atoms with van der Waals surface area (Å²) in [5.41, 5.74) is 7.26.